The molecule has 0 radical (unpaired) electrons. The molecule has 1 aliphatic heterocycles. The summed E-state index contributed by atoms with van der Waals surface area (Å²) in [6, 6.07) is 0. The Hall–Kier alpha value is -1.04. The van der Waals surface area contributed by atoms with Gasteiger partial charge in [-0.05, 0) is 59.4 Å². The largest absolute Gasteiger partial charge is 0.453 e. The molecular formula is C14H13IN2O. The van der Waals surface area contributed by atoms with E-state index in [4.69, 9.17) is 4.42 Å². The molecule has 18 heavy (non-hydrogen) atoms. The summed E-state index contributed by atoms with van der Waals surface area (Å²) in [5, 5.41) is 3.41. The molecule has 2 unspecified atom stereocenters. The van der Waals surface area contributed by atoms with Crippen LogP contribution in [0.4, 0.5) is 5.69 Å². The highest BCUT2D eigenvalue weighted by atomic mass is 127. The van der Waals surface area contributed by atoms with Crippen LogP contribution in [0.5, 0.6) is 0 Å². The summed E-state index contributed by atoms with van der Waals surface area (Å²) in [5.41, 5.74) is 3.91. The zero-order valence-electron chi connectivity index (χ0n) is 9.82. The van der Waals surface area contributed by atoms with Crippen molar-refractivity contribution in [3.05, 3.63) is 34.8 Å². The first-order chi connectivity index (χ1) is 8.81. The summed E-state index contributed by atoms with van der Waals surface area (Å²) in [7, 11) is 0. The zero-order chi connectivity index (χ0) is 12.1. The van der Waals surface area contributed by atoms with Crippen LogP contribution in [0.1, 0.15) is 29.9 Å². The fraction of sp³-hybridized carbons (Fsp3) is 0.357. The van der Waals surface area contributed by atoms with E-state index in [0.717, 1.165) is 23.6 Å². The predicted molar refractivity (Wildman–Crippen MR) is 81.3 cm³/mol. The van der Waals surface area contributed by atoms with E-state index in [2.05, 4.69) is 51.1 Å². The first kappa shape index (κ1) is 10.8. The van der Waals surface area contributed by atoms with Gasteiger partial charge in [-0.1, -0.05) is 12.2 Å². The van der Waals surface area contributed by atoms with E-state index in [-0.39, 0.29) is 4.17 Å². The maximum absolute atomic E-state index is 5.90. The van der Waals surface area contributed by atoms with E-state index in [9.17, 15) is 0 Å². The van der Waals surface area contributed by atoms with Gasteiger partial charge in [-0.15, -0.1) is 0 Å². The Morgan fingerprint density at radius 3 is 3.28 bits per heavy atom. The number of furan rings is 1. The van der Waals surface area contributed by atoms with Crippen molar-refractivity contribution >= 4 is 40.6 Å². The van der Waals surface area contributed by atoms with Crippen LogP contribution < -0.4 is 5.32 Å². The van der Waals surface area contributed by atoms with Gasteiger partial charge in [-0.3, -0.25) is 4.99 Å². The molecule has 92 valence electrons. The average molecular weight is 352 g/mol. The van der Waals surface area contributed by atoms with Crippen LogP contribution in [0.3, 0.4) is 0 Å². The number of hydrogen-bond acceptors (Lipinski definition) is 3. The number of allylic oxidation sites excluding steroid dienone is 3. The predicted octanol–water partition coefficient (Wildman–Crippen LogP) is 3.75. The lowest BCUT2D eigenvalue weighted by Gasteiger charge is -2.25. The van der Waals surface area contributed by atoms with Crippen LogP contribution >= 0.6 is 22.6 Å². The molecule has 0 amide bonds. The molecule has 4 heteroatoms. The van der Waals surface area contributed by atoms with Crippen LogP contribution in [0, 0.1) is 5.92 Å². The van der Waals surface area contributed by atoms with Crippen molar-refractivity contribution in [1.82, 2.24) is 0 Å². The van der Waals surface area contributed by atoms with Gasteiger partial charge in [-0.2, -0.15) is 0 Å². The molecule has 2 aliphatic carbocycles. The molecule has 0 saturated carbocycles. The molecule has 1 aromatic heterocycles. The molecule has 0 fully saturated rings. The minimum atomic E-state index is 0.119. The summed E-state index contributed by atoms with van der Waals surface area (Å²) in [6.45, 7) is 0. The molecule has 0 spiro atoms. The lowest BCUT2D eigenvalue weighted by Crippen LogP contribution is -2.18. The number of halogens is 1. The third-order valence-corrected chi connectivity index (χ3v) is 4.50. The first-order valence-electron chi connectivity index (χ1n) is 6.29. The minimum Gasteiger partial charge on any atom is -0.453 e. The number of anilines is 1. The second-order valence-corrected chi connectivity index (χ2v) is 6.15. The first-order valence-corrected chi connectivity index (χ1v) is 7.53. The number of fused-ring (bicyclic) bond motifs is 4. The van der Waals surface area contributed by atoms with E-state index in [0.29, 0.717) is 5.92 Å². The van der Waals surface area contributed by atoms with E-state index in [1.165, 1.54) is 24.0 Å². The van der Waals surface area contributed by atoms with Crippen molar-refractivity contribution in [1.29, 1.82) is 0 Å². The highest BCUT2D eigenvalue weighted by molar-refractivity contribution is 14.1. The van der Waals surface area contributed by atoms with Crippen LogP contribution in [0.25, 0.3) is 6.08 Å². The number of aliphatic imine (C=N–C) groups is 1. The number of nitrogens with one attached hydrogen (secondary N) is 1. The number of alkyl halides is 1. The standard InChI is InChI=1S/C14H13IN2O/c15-14-16-7-12-13(17-14)10-5-8-3-1-2-4-9(8)6-11(10)18-12/h2,4,6-8,14,17H,1,3,5H2. The number of rotatable bonds is 0. The SMILES string of the molecule is IC1N=Cc2oc3c(c2N1)CC1CCC=CC1=C3. The molecule has 4 rings (SSSR count). The molecule has 3 nitrogen and oxygen atoms in total. The lowest BCUT2D eigenvalue weighted by atomic mass is 9.80. The lowest BCUT2D eigenvalue weighted by molar-refractivity contribution is 0.515. The number of nitrogens with zero attached hydrogens (tertiary/aromatic N) is 1. The van der Waals surface area contributed by atoms with Crippen LogP contribution in [-0.2, 0) is 6.42 Å². The monoisotopic (exact) mass is 352 g/mol. The fourth-order valence-electron chi connectivity index (χ4n) is 2.96. The Morgan fingerprint density at radius 2 is 2.33 bits per heavy atom. The highest BCUT2D eigenvalue weighted by Gasteiger charge is 2.29. The molecule has 3 aliphatic rings. The van der Waals surface area contributed by atoms with Gasteiger partial charge in [0.05, 0.1) is 11.9 Å². The van der Waals surface area contributed by atoms with E-state index in [1.807, 2.05) is 6.21 Å². The Morgan fingerprint density at radius 1 is 1.39 bits per heavy atom. The Kier molecular flexibility index (Phi) is 2.40. The summed E-state index contributed by atoms with van der Waals surface area (Å²) < 4.78 is 6.02. The van der Waals surface area contributed by atoms with Gasteiger partial charge in [0.2, 0.25) is 0 Å². The third-order valence-electron chi connectivity index (χ3n) is 3.86. The number of hydrogen-bond donors (Lipinski definition) is 1. The normalized spacial score (nSPS) is 27.9. The third kappa shape index (κ3) is 1.58. The van der Waals surface area contributed by atoms with Crippen LogP contribution in [-0.4, -0.2) is 10.4 Å². The van der Waals surface area contributed by atoms with Crippen molar-refractivity contribution in [2.45, 2.75) is 23.4 Å². The molecule has 2 atom stereocenters. The summed E-state index contributed by atoms with van der Waals surface area (Å²) in [4.78, 5) is 4.33. The van der Waals surface area contributed by atoms with Crippen molar-refractivity contribution in [2.24, 2.45) is 10.9 Å². The van der Waals surface area contributed by atoms with Crippen molar-refractivity contribution < 1.29 is 4.42 Å². The zero-order valence-corrected chi connectivity index (χ0v) is 12.0. The molecule has 0 bridgehead atoms. The fourth-order valence-corrected chi connectivity index (χ4v) is 3.44. The highest BCUT2D eigenvalue weighted by Crippen LogP contribution is 2.41. The maximum atomic E-state index is 5.90. The molecule has 0 saturated heterocycles. The Balaban J connectivity index is 1.84. The van der Waals surface area contributed by atoms with Crippen molar-refractivity contribution in [3.63, 3.8) is 0 Å². The van der Waals surface area contributed by atoms with E-state index >= 15 is 0 Å². The van der Waals surface area contributed by atoms with Gasteiger partial charge in [0.15, 0.2) is 9.93 Å². The summed E-state index contributed by atoms with van der Waals surface area (Å²) in [6.07, 6.45) is 12.1. The molecule has 2 heterocycles. The maximum Gasteiger partial charge on any atom is 0.171 e. The Bertz CT molecular complexity index is 597. The van der Waals surface area contributed by atoms with Gasteiger partial charge >= 0.3 is 0 Å². The van der Waals surface area contributed by atoms with Gasteiger partial charge in [0.1, 0.15) is 5.76 Å². The van der Waals surface area contributed by atoms with E-state index < -0.39 is 0 Å². The average Bonchev–Trinajstić information content (AvgIpc) is 2.73. The smallest absolute Gasteiger partial charge is 0.171 e. The second-order valence-electron chi connectivity index (χ2n) is 4.97. The quantitative estimate of drug-likeness (QED) is 0.439. The summed E-state index contributed by atoms with van der Waals surface area (Å²) in [5.74, 6) is 2.56. The van der Waals surface area contributed by atoms with Crippen molar-refractivity contribution in [3.8, 4) is 0 Å². The molecular weight excluding hydrogens is 339 g/mol. The van der Waals surface area contributed by atoms with Gasteiger partial charge in [0, 0.05) is 5.56 Å². The van der Waals surface area contributed by atoms with Gasteiger partial charge in [-0.25, -0.2) is 0 Å². The Labute approximate surface area is 119 Å². The van der Waals surface area contributed by atoms with Gasteiger partial charge in [0.25, 0.3) is 0 Å². The van der Waals surface area contributed by atoms with Crippen LogP contribution in [0.2, 0.25) is 0 Å². The summed E-state index contributed by atoms with van der Waals surface area (Å²) >= 11 is 2.29. The second kappa shape index (κ2) is 3.98. The molecule has 0 aromatic carbocycles. The van der Waals surface area contributed by atoms with Crippen LogP contribution in [0.15, 0.2) is 27.1 Å². The molecule has 1 aromatic rings. The van der Waals surface area contributed by atoms with Crippen molar-refractivity contribution in [2.75, 3.05) is 5.32 Å². The molecule has 1 N–H and O–H groups in total. The minimum absolute atomic E-state index is 0.119. The topological polar surface area (TPSA) is 37.5 Å². The van der Waals surface area contributed by atoms with Gasteiger partial charge < -0.3 is 9.73 Å². The van der Waals surface area contributed by atoms with E-state index in [1.54, 1.807) is 0 Å².